The number of nitrogen functional groups attached to an aromatic ring is 1. The molecular formula is C12H20N4O. The standard InChI is InChI=1S/C12H20N4O/c1-16(6-7-17-9-10-2-3-10)11-4-5-14-12(8-11)15-13/h4-5,8,10H,2-3,6-7,9,13H2,1H3,(H,14,15). The number of nitrogens with one attached hydrogen (secondary N) is 1. The summed E-state index contributed by atoms with van der Waals surface area (Å²) >= 11 is 0. The molecule has 0 atom stereocenters. The lowest BCUT2D eigenvalue weighted by atomic mass is 10.3. The minimum atomic E-state index is 0.674. The fourth-order valence-electron chi connectivity index (χ4n) is 1.60. The lowest BCUT2D eigenvalue weighted by Gasteiger charge is -2.19. The SMILES string of the molecule is CN(CCOCC1CC1)c1ccnc(NN)c1. The molecular weight excluding hydrogens is 216 g/mol. The molecule has 0 saturated heterocycles. The third-order valence-electron chi connectivity index (χ3n) is 2.95. The first kappa shape index (κ1) is 12.1. The van der Waals surface area contributed by atoms with Crippen molar-refractivity contribution in [2.75, 3.05) is 37.1 Å². The number of rotatable bonds is 7. The van der Waals surface area contributed by atoms with Crippen LogP contribution < -0.4 is 16.2 Å². The topological polar surface area (TPSA) is 63.4 Å². The second-order valence-corrected chi connectivity index (χ2v) is 4.48. The average molecular weight is 236 g/mol. The zero-order chi connectivity index (χ0) is 12.1. The number of nitrogens with two attached hydrogens (primary N) is 1. The molecule has 17 heavy (non-hydrogen) atoms. The Balaban J connectivity index is 1.74. The number of likely N-dealkylation sites (N-methyl/N-ethyl adjacent to an activating group) is 1. The Kier molecular flexibility index (Phi) is 4.17. The van der Waals surface area contributed by atoms with Crippen LogP contribution in [-0.2, 0) is 4.74 Å². The van der Waals surface area contributed by atoms with Crippen molar-refractivity contribution in [3.8, 4) is 0 Å². The highest BCUT2D eigenvalue weighted by atomic mass is 16.5. The van der Waals surface area contributed by atoms with Crippen LogP contribution in [0.5, 0.6) is 0 Å². The molecule has 0 spiro atoms. The van der Waals surface area contributed by atoms with Gasteiger partial charge in [0.1, 0.15) is 5.82 Å². The van der Waals surface area contributed by atoms with Crippen LogP contribution in [0.3, 0.4) is 0 Å². The molecule has 94 valence electrons. The zero-order valence-corrected chi connectivity index (χ0v) is 10.2. The lowest BCUT2D eigenvalue weighted by Crippen LogP contribution is -2.23. The van der Waals surface area contributed by atoms with E-state index in [9.17, 15) is 0 Å². The molecule has 0 bridgehead atoms. The maximum Gasteiger partial charge on any atom is 0.141 e. The van der Waals surface area contributed by atoms with E-state index in [4.69, 9.17) is 10.6 Å². The maximum atomic E-state index is 5.61. The lowest BCUT2D eigenvalue weighted by molar-refractivity contribution is 0.131. The Bertz CT molecular complexity index is 354. The van der Waals surface area contributed by atoms with Gasteiger partial charge in [0.15, 0.2) is 0 Å². The van der Waals surface area contributed by atoms with Crippen molar-refractivity contribution >= 4 is 11.5 Å². The van der Waals surface area contributed by atoms with Gasteiger partial charge in [-0.2, -0.15) is 0 Å². The Labute approximate surface area is 102 Å². The first-order valence-corrected chi connectivity index (χ1v) is 6.01. The Morgan fingerprint density at radius 3 is 3.12 bits per heavy atom. The number of hydrogen-bond acceptors (Lipinski definition) is 5. The third kappa shape index (κ3) is 3.87. The number of anilines is 2. The molecule has 5 heteroatoms. The average Bonchev–Trinajstić information content (AvgIpc) is 3.18. The monoisotopic (exact) mass is 236 g/mol. The van der Waals surface area contributed by atoms with Gasteiger partial charge in [-0.15, -0.1) is 0 Å². The zero-order valence-electron chi connectivity index (χ0n) is 10.2. The van der Waals surface area contributed by atoms with Gasteiger partial charge in [-0.25, -0.2) is 10.8 Å². The molecule has 0 aliphatic heterocycles. The van der Waals surface area contributed by atoms with Crippen molar-refractivity contribution < 1.29 is 4.74 Å². The van der Waals surface area contributed by atoms with Crippen LogP contribution in [0.15, 0.2) is 18.3 Å². The molecule has 1 aliphatic carbocycles. The fraction of sp³-hybridized carbons (Fsp3) is 0.583. The van der Waals surface area contributed by atoms with Gasteiger partial charge in [0.2, 0.25) is 0 Å². The van der Waals surface area contributed by atoms with Crippen molar-refractivity contribution in [2.24, 2.45) is 11.8 Å². The number of hydrazine groups is 1. The quantitative estimate of drug-likeness (QED) is 0.423. The van der Waals surface area contributed by atoms with Gasteiger partial charge in [-0.3, -0.25) is 0 Å². The maximum absolute atomic E-state index is 5.61. The van der Waals surface area contributed by atoms with Crippen molar-refractivity contribution in [1.29, 1.82) is 0 Å². The van der Waals surface area contributed by atoms with E-state index in [0.717, 1.165) is 31.4 Å². The summed E-state index contributed by atoms with van der Waals surface area (Å²) in [7, 11) is 2.04. The summed E-state index contributed by atoms with van der Waals surface area (Å²) in [6.07, 6.45) is 4.42. The summed E-state index contributed by atoms with van der Waals surface area (Å²) in [4.78, 5) is 6.21. The van der Waals surface area contributed by atoms with E-state index < -0.39 is 0 Å². The molecule has 1 heterocycles. The minimum absolute atomic E-state index is 0.674. The smallest absolute Gasteiger partial charge is 0.141 e. The van der Waals surface area contributed by atoms with E-state index in [2.05, 4.69) is 15.3 Å². The highest BCUT2D eigenvalue weighted by Gasteiger charge is 2.20. The van der Waals surface area contributed by atoms with Crippen LogP contribution in [0.1, 0.15) is 12.8 Å². The van der Waals surface area contributed by atoms with Crippen LogP contribution in [0.25, 0.3) is 0 Å². The summed E-state index contributed by atoms with van der Waals surface area (Å²) in [6, 6.07) is 3.88. The van der Waals surface area contributed by atoms with Gasteiger partial charge in [-0.1, -0.05) is 0 Å². The van der Waals surface area contributed by atoms with Gasteiger partial charge in [-0.05, 0) is 24.8 Å². The summed E-state index contributed by atoms with van der Waals surface area (Å²) in [5.41, 5.74) is 3.63. The number of nitrogens with zero attached hydrogens (tertiary/aromatic N) is 2. The molecule has 5 nitrogen and oxygen atoms in total. The predicted molar refractivity (Wildman–Crippen MR) is 68.9 cm³/mol. The normalized spacial score (nSPS) is 14.7. The van der Waals surface area contributed by atoms with E-state index in [1.165, 1.54) is 12.8 Å². The third-order valence-corrected chi connectivity index (χ3v) is 2.95. The molecule has 1 aromatic rings. The summed E-state index contributed by atoms with van der Waals surface area (Å²) in [6.45, 7) is 2.56. The highest BCUT2D eigenvalue weighted by Crippen LogP contribution is 2.28. The fourth-order valence-corrected chi connectivity index (χ4v) is 1.60. The van der Waals surface area contributed by atoms with Crippen LogP contribution in [-0.4, -0.2) is 31.8 Å². The van der Waals surface area contributed by atoms with Gasteiger partial charge in [0, 0.05) is 38.1 Å². The van der Waals surface area contributed by atoms with E-state index in [0.29, 0.717) is 5.82 Å². The van der Waals surface area contributed by atoms with E-state index in [1.54, 1.807) is 6.20 Å². The van der Waals surface area contributed by atoms with E-state index in [-0.39, 0.29) is 0 Å². The van der Waals surface area contributed by atoms with Gasteiger partial charge in [0.05, 0.1) is 6.61 Å². The summed E-state index contributed by atoms with van der Waals surface area (Å²) < 4.78 is 5.61. The minimum Gasteiger partial charge on any atom is -0.379 e. The molecule has 1 fully saturated rings. The van der Waals surface area contributed by atoms with Crippen LogP contribution in [0, 0.1) is 5.92 Å². The van der Waals surface area contributed by atoms with Gasteiger partial charge in [0.25, 0.3) is 0 Å². The number of ether oxygens (including phenoxy) is 1. The second kappa shape index (κ2) is 5.84. The molecule has 0 aromatic carbocycles. The summed E-state index contributed by atoms with van der Waals surface area (Å²) in [5, 5.41) is 0. The van der Waals surface area contributed by atoms with Crippen LogP contribution in [0.4, 0.5) is 11.5 Å². The molecule has 0 amide bonds. The van der Waals surface area contributed by atoms with Crippen LogP contribution in [0.2, 0.25) is 0 Å². The molecule has 2 rings (SSSR count). The molecule has 0 radical (unpaired) electrons. The first-order chi connectivity index (χ1) is 8.29. The largest absolute Gasteiger partial charge is 0.379 e. The van der Waals surface area contributed by atoms with E-state index in [1.807, 2.05) is 19.2 Å². The highest BCUT2D eigenvalue weighted by molar-refractivity contribution is 5.52. The molecule has 1 aliphatic rings. The predicted octanol–water partition coefficient (Wildman–Crippen LogP) is 1.23. The number of pyridine rings is 1. The molecule has 3 N–H and O–H groups in total. The van der Waals surface area contributed by atoms with Crippen molar-refractivity contribution in [1.82, 2.24) is 4.98 Å². The molecule has 1 saturated carbocycles. The summed E-state index contributed by atoms with van der Waals surface area (Å²) in [5.74, 6) is 6.83. The number of aromatic nitrogens is 1. The van der Waals surface area contributed by atoms with Crippen molar-refractivity contribution in [3.05, 3.63) is 18.3 Å². The van der Waals surface area contributed by atoms with E-state index >= 15 is 0 Å². The Hall–Kier alpha value is -1.33. The van der Waals surface area contributed by atoms with Gasteiger partial charge < -0.3 is 15.1 Å². The van der Waals surface area contributed by atoms with Crippen LogP contribution >= 0.6 is 0 Å². The van der Waals surface area contributed by atoms with Crippen molar-refractivity contribution in [3.63, 3.8) is 0 Å². The Morgan fingerprint density at radius 2 is 2.41 bits per heavy atom. The first-order valence-electron chi connectivity index (χ1n) is 6.01. The van der Waals surface area contributed by atoms with Gasteiger partial charge >= 0.3 is 0 Å². The Morgan fingerprint density at radius 1 is 1.59 bits per heavy atom. The second-order valence-electron chi connectivity index (χ2n) is 4.48. The molecule has 0 unspecified atom stereocenters. The number of hydrogen-bond donors (Lipinski definition) is 2. The van der Waals surface area contributed by atoms with Crippen molar-refractivity contribution in [2.45, 2.75) is 12.8 Å². The molecule has 1 aromatic heterocycles.